The van der Waals surface area contributed by atoms with Crippen LogP contribution in [0.25, 0.3) is 0 Å². The highest BCUT2D eigenvalue weighted by Gasteiger charge is 2.34. The zero-order valence-electron chi connectivity index (χ0n) is 17.9. The molecule has 0 bridgehead atoms. The van der Waals surface area contributed by atoms with Crippen LogP contribution in [0.2, 0.25) is 10.0 Å². The van der Waals surface area contributed by atoms with Crippen LogP contribution in [0.15, 0.2) is 42.5 Å². The average Bonchev–Trinajstić information content (AvgIpc) is 3.43. The maximum Gasteiger partial charge on any atom is 0.236 e. The Kier molecular flexibility index (Phi) is 7.90. The lowest BCUT2D eigenvalue weighted by atomic mass is 10.1. The first-order valence-corrected chi connectivity index (χ1v) is 13.2. The van der Waals surface area contributed by atoms with Gasteiger partial charge in [-0.25, -0.2) is 0 Å². The second kappa shape index (κ2) is 10.9. The van der Waals surface area contributed by atoms with Crippen LogP contribution in [0.5, 0.6) is 0 Å². The third kappa shape index (κ3) is 6.06. The van der Waals surface area contributed by atoms with E-state index in [4.69, 9.17) is 23.2 Å². The van der Waals surface area contributed by atoms with Crippen LogP contribution in [-0.2, 0) is 21.8 Å². The summed E-state index contributed by atoms with van der Waals surface area (Å²) >= 11 is 14.7. The Bertz CT molecular complexity index is 1150. The Morgan fingerprint density at radius 2 is 1.91 bits per heavy atom. The number of thioether (sulfide) groups is 1. The molecular weight excluding hydrogens is 499 g/mol. The monoisotopic (exact) mass is 520 g/mol. The number of aromatic nitrogens is 2. The number of nitrogens with zero attached hydrogens (tertiary/aromatic N) is 3. The molecule has 4 rings (SSSR count). The summed E-state index contributed by atoms with van der Waals surface area (Å²) in [7, 11) is 0. The van der Waals surface area contributed by atoms with Gasteiger partial charge in [0, 0.05) is 30.3 Å². The molecule has 1 aliphatic rings. The zero-order chi connectivity index (χ0) is 23.4. The predicted molar refractivity (Wildman–Crippen MR) is 137 cm³/mol. The van der Waals surface area contributed by atoms with Gasteiger partial charge < -0.3 is 4.90 Å². The molecule has 2 heterocycles. The molecule has 1 aliphatic heterocycles. The molecule has 0 aliphatic carbocycles. The molecule has 1 N–H and O–H groups in total. The van der Waals surface area contributed by atoms with Crippen molar-refractivity contribution in [2.75, 3.05) is 22.5 Å². The number of aryl methyl sites for hydroxylation is 1. The predicted octanol–water partition coefficient (Wildman–Crippen LogP) is 5.80. The van der Waals surface area contributed by atoms with Crippen molar-refractivity contribution >= 4 is 68.9 Å². The Morgan fingerprint density at radius 3 is 2.64 bits per heavy atom. The number of anilines is 2. The number of hydrogen-bond acceptors (Lipinski definition) is 6. The molecule has 1 aromatic heterocycles. The molecule has 1 fully saturated rings. The molecule has 1 unspecified atom stereocenters. The molecule has 10 heteroatoms. The fourth-order valence-electron chi connectivity index (χ4n) is 3.53. The molecule has 1 atom stereocenters. The number of carbonyl (C=O) groups excluding carboxylic acids is 2. The van der Waals surface area contributed by atoms with Crippen molar-refractivity contribution in [1.82, 2.24) is 10.2 Å². The van der Waals surface area contributed by atoms with Gasteiger partial charge in [-0.05, 0) is 41.8 Å². The van der Waals surface area contributed by atoms with Crippen molar-refractivity contribution in [3.05, 3.63) is 68.6 Å². The fourth-order valence-corrected chi connectivity index (χ4v) is 5.48. The van der Waals surface area contributed by atoms with E-state index in [2.05, 4.69) is 22.4 Å². The van der Waals surface area contributed by atoms with Crippen LogP contribution < -0.4 is 10.2 Å². The molecule has 0 saturated carbocycles. The summed E-state index contributed by atoms with van der Waals surface area (Å²) in [5.41, 5.74) is 3.14. The minimum Gasteiger partial charge on any atom is -0.312 e. The number of rotatable bonds is 8. The van der Waals surface area contributed by atoms with Crippen molar-refractivity contribution in [1.29, 1.82) is 0 Å². The van der Waals surface area contributed by atoms with E-state index in [0.29, 0.717) is 33.9 Å². The van der Waals surface area contributed by atoms with Crippen LogP contribution in [-0.4, -0.2) is 34.3 Å². The Morgan fingerprint density at radius 1 is 1.15 bits per heavy atom. The maximum absolute atomic E-state index is 12.6. The van der Waals surface area contributed by atoms with Crippen LogP contribution in [0, 0.1) is 0 Å². The highest BCUT2D eigenvalue weighted by atomic mass is 35.5. The van der Waals surface area contributed by atoms with Crippen LogP contribution in [0.3, 0.4) is 0 Å². The lowest BCUT2D eigenvalue weighted by Crippen LogP contribution is -2.24. The summed E-state index contributed by atoms with van der Waals surface area (Å²) in [6, 6.07) is 13.5. The molecule has 172 valence electrons. The van der Waals surface area contributed by atoms with Gasteiger partial charge in [-0.2, -0.15) is 0 Å². The molecule has 3 aromatic rings. The zero-order valence-corrected chi connectivity index (χ0v) is 21.0. The van der Waals surface area contributed by atoms with Crippen LogP contribution in [0.1, 0.15) is 35.4 Å². The van der Waals surface area contributed by atoms with Crippen LogP contribution >= 0.6 is 46.3 Å². The fraction of sp³-hybridized carbons (Fsp3) is 0.304. The van der Waals surface area contributed by atoms with Gasteiger partial charge >= 0.3 is 0 Å². The minimum atomic E-state index is -0.150. The Balaban J connectivity index is 1.28. The standard InChI is InChI=1S/C23H22Cl2N4O2S2/c1-2-14-3-6-17(7-4-14)29-11-16(10-21(29)31)22-27-28-23(33-22)26-20(30)13-32-12-15-5-8-18(24)19(25)9-15/h3-9,16H,2,10-13H2,1H3,(H,26,28,30). The van der Waals surface area contributed by atoms with E-state index in [0.717, 1.165) is 22.7 Å². The number of carbonyl (C=O) groups is 2. The number of hydrogen-bond donors (Lipinski definition) is 1. The molecule has 1 saturated heterocycles. The molecule has 0 radical (unpaired) electrons. The van der Waals surface area contributed by atoms with Gasteiger partial charge in [-0.3, -0.25) is 14.9 Å². The Hall–Kier alpha value is -2.13. The highest BCUT2D eigenvalue weighted by molar-refractivity contribution is 7.99. The summed E-state index contributed by atoms with van der Waals surface area (Å²) in [6.45, 7) is 2.67. The molecule has 2 aromatic carbocycles. The van der Waals surface area contributed by atoms with Crippen LogP contribution in [0.4, 0.5) is 10.8 Å². The van der Waals surface area contributed by atoms with Crippen molar-refractivity contribution in [3.63, 3.8) is 0 Å². The third-order valence-corrected chi connectivity index (χ3v) is 8.05. The average molecular weight is 521 g/mol. The summed E-state index contributed by atoms with van der Waals surface area (Å²) in [4.78, 5) is 26.7. The van der Waals surface area contributed by atoms with Crippen molar-refractivity contribution in [2.45, 2.75) is 31.4 Å². The summed E-state index contributed by atoms with van der Waals surface area (Å²) in [5.74, 6) is 0.811. The molecule has 6 nitrogen and oxygen atoms in total. The van der Waals surface area contributed by atoms with E-state index in [1.54, 1.807) is 17.0 Å². The first-order valence-electron chi connectivity index (χ1n) is 10.5. The lowest BCUT2D eigenvalue weighted by Gasteiger charge is -2.16. The van der Waals surface area contributed by atoms with Crippen molar-refractivity contribution < 1.29 is 9.59 Å². The molecular formula is C23H22Cl2N4O2S2. The van der Waals surface area contributed by atoms with Gasteiger partial charge in [0.05, 0.1) is 15.8 Å². The maximum atomic E-state index is 12.6. The first kappa shape index (κ1) is 24.0. The van der Waals surface area contributed by atoms with Gasteiger partial charge in [0.15, 0.2) is 0 Å². The third-order valence-electron chi connectivity index (χ3n) is 5.30. The van der Waals surface area contributed by atoms with Gasteiger partial charge in [-0.1, -0.05) is 59.7 Å². The largest absolute Gasteiger partial charge is 0.312 e. The SMILES string of the molecule is CCc1ccc(N2CC(c3nnc(NC(=O)CSCc4ccc(Cl)c(Cl)c4)s3)CC2=O)cc1. The second-order valence-corrected chi connectivity index (χ2v) is 10.5. The van der Waals surface area contributed by atoms with Gasteiger partial charge in [0.25, 0.3) is 0 Å². The van der Waals surface area contributed by atoms with E-state index in [-0.39, 0.29) is 23.5 Å². The Labute approximate surface area is 210 Å². The summed E-state index contributed by atoms with van der Waals surface area (Å²) < 4.78 is 0. The number of nitrogens with one attached hydrogen (secondary N) is 1. The summed E-state index contributed by atoms with van der Waals surface area (Å²) in [5, 5.41) is 13.3. The summed E-state index contributed by atoms with van der Waals surface area (Å²) in [6.07, 6.45) is 1.35. The van der Waals surface area contributed by atoms with E-state index in [1.165, 1.54) is 28.7 Å². The minimum absolute atomic E-state index is 0.0319. The number of amides is 2. The van der Waals surface area contributed by atoms with E-state index in [1.807, 2.05) is 30.3 Å². The van der Waals surface area contributed by atoms with E-state index >= 15 is 0 Å². The van der Waals surface area contributed by atoms with E-state index < -0.39 is 0 Å². The van der Waals surface area contributed by atoms with Crippen molar-refractivity contribution in [2.24, 2.45) is 0 Å². The normalized spacial score (nSPS) is 15.8. The second-order valence-electron chi connectivity index (χ2n) is 7.66. The van der Waals surface area contributed by atoms with Crippen molar-refractivity contribution in [3.8, 4) is 0 Å². The van der Waals surface area contributed by atoms with Gasteiger partial charge in [0.2, 0.25) is 16.9 Å². The lowest BCUT2D eigenvalue weighted by molar-refractivity contribution is -0.117. The van der Waals surface area contributed by atoms with E-state index in [9.17, 15) is 9.59 Å². The number of halogens is 2. The first-order chi connectivity index (χ1) is 15.9. The molecule has 33 heavy (non-hydrogen) atoms. The van der Waals surface area contributed by atoms with Gasteiger partial charge in [0.1, 0.15) is 5.01 Å². The molecule has 0 spiro atoms. The smallest absolute Gasteiger partial charge is 0.236 e. The topological polar surface area (TPSA) is 75.2 Å². The molecule has 2 amide bonds. The highest BCUT2D eigenvalue weighted by Crippen LogP contribution is 2.34. The quantitative estimate of drug-likeness (QED) is 0.406. The van der Waals surface area contributed by atoms with Gasteiger partial charge in [-0.15, -0.1) is 22.0 Å². The number of benzene rings is 2.